The molecule has 1 aromatic heterocycles. The van der Waals surface area contributed by atoms with Gasteiger partial charge in [-0.1, -0.05) is 13.8 Å². The molecule has 60 valence electrons. The van der Waals surface area contributed by atoms with Crippen LogP contribution in [0.25, 0.3) is 0 Å². The molecule has 0 saturated heterocycles. The van der Waals surface area contributed by atoms with E-state index < -0.39 is 0 Å². The number of hydrogen-bond donors (Lipinski definition) is 1. The normalized spacial score (nSPS) is 10.5. The second-order valence-corrected chi connectivity index (χ2v) is 2.90. The summed E-state index contributed by atoms with van der Waals surface area (Å²) in [5.41, 5.74) is 1.37. The van der Waals surface area contributed by atoms with E-state index in [4.69, 9.17) is 0 Å². The molecule has 1 aromatic rings. The average Bonchev–Trinajstić information content (AvgIpc) is 2.31. The zero-order chi connectivity index (χ0) is 8.43. The highest BCUT2D eigenvalue weighted by atomic mass is 16.1. The first-order valence-corrected chi connectivity index (χ1v) is 3.66. The summed E-state index contributed by atoms with van der Waals surface area (Å²) >= 11 is 0. The summed E-state index contributed by atoms with van der Waals surface area (Å²) in [5.74, 6) is 1.23. The largest absolute Gasteiger partial charge is 0.345 e. The number of carbonyl (C=O) groups is 1. The first kappa shape index (κ1) is 7.98. The molecule has 11 heavy (non-hydrogen) atoms. The molecule has 0 amide bonds. The van der Waals surface area contributed by atoms with Crippen LogP contribution in [0.1, 0.15) is 41.8 Å². The van der Waals surface area contributed by atoms with Crippen molar-refractivity contribution >= 4 is 6.29 Å². The van der Waals surface area contributed by atoms with Crippen LogP contribution in [0.3, 0.4) is 0 Å². The smallest absolute Gasteiger partial charge is 0.170 e. The van der Waals surface area contributed by atoms with Crippen molar-refractivity contribution < 1.29 is 4.79 Å². The van der Waals surface area contributed by atoms with Crippen molar-refractivity contribution in [3.8, 4) is 0 Å². The number of carbonyl (C=O) groups excluding carboxylic acids is 1. The van der Waals surface area contributed by atoms with Crippen molar-refractivity contribution in [2.45, 2.75) is 26.7 Å². The number of nitrogens with zero attached hydrogens (tertiary/aromatic N) is 1. The molecule has 0 aliphatic carbocycles. The highest BCUT2D eigenvalue weighted by molar-refractivity contribution is 5.73. The lowest BCUT2D eigenvalue weighted by atomic mass is 10.2. The summed E-state index contributed by atoms with van der Waals surface area (Å²) in [6.45, 7) is 5.92. The Morgan fingerprint density at radius 1 is 1.55 bits per heavy atom. The Kier molecular flexibility index (Phi) is 2.08. The predicted octanol–water partition coefficient (Wildman–Crippen LogP) is 1.65. The van der Waals surface area contributed by atoms with Crippen molar-refractivity contribution in [3.05, 3.63) is 17.2 Å². The fraction of sp³-hybridized carbons (Fsp3) is 0.500. The van der Waals surface area contributed by atoms with Crippen LogP contribution in [0, 0.1) is 6.92 Å². The molecular weight excluding hydrogens is 140 g/mol. The molecule has 3 nitrogen and oxygen atoms in total. The molecule has 3 heteroatoms. The molecule has 1 heterocycles. The number of aromatic amines is 1. The van der Waals surface area contributed by atoms with Gasteiger partial charge in [-0.2, -0.15) is 0 Å². The summed E-state index contributed by atoms with van der Waals surface area (Å²) in [7, 11) is 0. The van der Waals surface area contributed by atoms with Gasteiger partial charge in [0.05, 0.1) is 0 Å². The van der Waals surface area contributed by atoms with E-state index in [0.29, 0.717) is 11.6 Å². The molecule has 1 rings (SSSR count). The topological polar surface area (TPSA) is 45.8 Å². The monoisotopic (exact) mass is 152 g/mol. The molecule has 0 bridgehead atoms. The highest BCUT2D eigenvalue weighted by Gasteiger charge is 2.07. The second-order valence-electron chi connectivity index (χ2n) is 2.90. The van der Waals surface area contributed by atoms with Crippen LogP contribution in [0.5, 0.6) is 0 Å². The van der Waals surface area contributed by atoms with Gasteiger partial charge in [-0.05, 0) is 6.92 Å². The maximum Gasteiger partial charge on any atom is 0.170 e. The molecule has 0 saturated carbocycles. The zero-order valence-electron chi connectivity index (χ0n) is 7.01. The molecule has 1 N–H and O–H groups in total. The Morgan fingerprint density at radius 2 is 2.18 bits per heavy atom. The van der Waals surface area contributed by atoms with Crippen LogP contribution in [-0.4, -0.2) is 16.3 Å². The number of rotatable bonds is 2. The number of hydrogen-bond acceptors (Lipinski definition) is 2. The second kappa shape index (κ2) is 2.86. The number of imidazole rings is 1. The number of H-pyrrole nitrogens is 1. The molecule has 0 aliphatic rings. The molecule has 0 aliphatic heterocycles. The van der Waals surface area contributed by atoms with Crippen molar-refractivity contribution in [2.24, 2.45) is 0 Å². The van der Waals surface area contributed by atoms with Crippen LogP contribution in [0.15, 0.2) is 0 Å². The van der Waals surface area contributed by atoms with Gasteiger partial charge in [0.25, 0.3) is 0 Å². The number of aryl methyl sites for hydroxylation is 1. The van der Waals surface area contributed by atoms with Gasteiger partial charge in [-0.3, -0.25) is 4.79 Å². The molecule has 0 atom stereocenters. The van der Waals surface area contributed by atoms with E-state index in [0.717, 1.165) is 17.8 Å². The molecule has 0 spiro atoms. The van der Waals surface area contributed by atoms with Crippen LogP contribution >= 0.6 is 0 Å². The molecule has 0 aromatic carbocycles. The summed E-state index contributed by atoms with van der Waals surface area (Å²) in [4.78, 5) is 17.5. The van der Waals surface area contributed by atoms with E-state index >= 15 is 0 Å². The van der Waals surface area contributed by atoms with Crippen LogP contribution in [0.2, 0.25) is 0 Å². The predicted molar refractivity (Wildman–Crippen MR) is 42.8 cm³/mol. The molecule has 0 fully saturated rings. The Hall–Kier alpha value is -1.12. The van der Waals surface area contributed by atoms with Crippen molar-refractivity contribution in [1.82, 2.24) is 9.97 Å². The van der Waals surface area contributed by atoms with Gasteiger partial charge < -0.3 is 4.98 Å². The third kappa shape index (κ3) is 1.48. The van der Waals surface area contributed by atoms with E-state index in [1.165, 1.54) is 0 Å². The third-order valence-electron chi connectivity index (χ3n) is 1.60. The summed E-state index contributed by atoms with van der Waals surface area (Å²) in [6.07, 6.45) is 0.776. The van der Waals surface area contributed by atoms with E-state index in [-0.39, 0.29) is 0 Å². The maximum absolute atomic E-state index is 10.4. The Bertz CT molecular complexity index is 263. The fourth-order valence-electron chi connectivity index (χ4n) is 0.886. The van der Waals surface area contributed by atoms with Gasteiger partial charge in [0.2, 0.25) is 0 Å². The van der Waals surface area contributed by atoms with E-state index in [2.05, 4.69) is 9.97 Å². The van der Waals surface area contributed by atoms with E-state index in [1.54, 1.807) is 0 Å². The molecule has 0 unspecified atom stereocenters. The summed E-state index contributed by atoms with van der Waals surface area (Å²) in [6, 6.07) is 0. The summed E-state index contributed by atoms with van der Waals surface area (Å²) < 4.78 is 0. The minimum atomic E-state index is 0.349. The van der Waals surface area contributed by atoms with Gasteiger partial charge in [0.15, 0.2) is 6.29 Å². The molecule has 0 radical (unpaired) electrons. The minimum Gasteiger partial charge on any atom is -0.345 e. The zero-order valence-corrected chi connectivity index (χ0v) is 7.01. The number of nitrogens with one attached hydrogen (secondary N) is 1. The van der Waals surface area contributed by atoms with Gasteiger partial charge in [-0.15, -0.1) is 0 Å². The lowest BCUT2D eigenvalue weighted by Gasteiger charge is -1.95. The quantitative estimate of drug-likeness (QED) is 0.655. The molecular formula is C8H12N2O. The lowest BCUT2D eigenvalue weighted by molar-refractivity contribution is 0.111. The SMILES string of the molecule is Cc1[nH]c(C(C)C)nc1C=O. The van der Waals surface area contributed by atoms with Gasteiger partial charge in [-0.25, -0.2) is 4.98 Å². The van der Waals surface area contributed by atoms with Crippen LogP contribution in [0.4, 0.5) is 0 Å². The van der Waals surface area contributed by atoms with Crippen molar-refractivity contribution in [3.63, 3.8) is 0 Å². The van der Waals surface area contributed by atoms with Gasteiger partial charge in [0.1, 0.15) is 11.5 Å². The van der Waals surface area contributed by atoms with Gasteiger partial charge in [0, 0.05) is 11.6 Å². The first-order valence-electron chi connectivity index (χ1n) is 3.66. The Labute approximate surface area is 65.8 Å². The standard InChI is InChI=1S/C8H12N2O/c1-5(2)8-9-6(3)7(4-11)10-8/h4-5H,1-3H3,(H,9,10). The maximum atomic E-state index is 10.4. The van der Waals surface area contributed by atoms with Crippen LogP contribution < -0.4 is 0 Å². The minimum absolute atomic E-state index is 0.349. The first-order chi connectivity index (χ1) is 5.15. The van der Waals surface area contributed by atoms with Gasteiger partial charge >= 0.3 is 0 Å². The van der Waals surface area contributed by atoms with Crippen molar-refractivity contribution in [2.75, 3.05) is 0 Å². The lowest BCUT2D eigenvalue weighted by Crippen LogP contribution is -1.89. The Balaban J connectivity index is 3.04. The van der Waals surface area contributed by atoms with E-state index in [1.807, 2.05) is 20.8 Å². The highest BCUT2D eigenvalue weighted by Crippen LogP contribution is 2.11. The Morgan fingerprint density at radius 3 is 2.45 bits per heavy atom. The van der Waals surface area contributed by atoms with Crippen molar-refractivity contribution in [1.29, 1.82) is 0 Å². The number of aromatic nitrogens is 2. The number of aldehydes is 1. The van der Waals surface area contributed by atoms with E-state index in [9.17, 15) is 4.79 Å². The summed E-state index contributed by atoms with van der Waals surface area (Å²) in [5, 5.41) is 0. The fourth-order valence-corrected chi connectivity index (χ4v) is 0.886. The average molecular weight is 152 g/mol. The third-order valence-corrected chi connectivity index (χ3v) is 1.60. The van der Waals surface area contributed by atoms with Crippen LogP contribution in [-0.2, 0) is 0 Å².